The Balaban J connectivity index is 1.09. The third-order valence-electron chi connectivity index (χ3n) is 17.1. The van der Waals surface area contributed by atoms with Crippen LogP contribution in [0.25, 0.3) is 77.5 Å². The molecule has 1 aliphatic carbocycles. The minimum Gasteiger partial charge on any atom is -0.412 e. The van der Waals surface area contributed by atoms with Gasteiger partial charge in [-0.25, -0.2) is 0 Å². The number of rotatable bonds is 0. The first-order valence-electron chi connectivity index (χ1n) is 23.1. The number of quaternary nitrogens is 1. The van der Waals surface area contributed by atoms with Gasteiger partial charge < -0.3 is 4.74 Å². The van der Waals surface area contributed by atoms with Crippen molar-refractivity contribution in [3.05, 3.63) is 217 Å². The summed E-state index contributed by atoms with van der Waals surface area (Å²) >= 11 is 0. The molecule has 12 aromatic rings. The Bertz CT molecular complexity index is 4390. The molecule has 1 atom stereocenters. The lowest BCUT2D eigenvalue weighted by Crippen LogP contribution is -2.87. The van der Waals surface area contributed by atoms with E-state index < -0.39 is 13.5 Å². The van der Waals surface area contributed by atoms with Crippen molar-refractivity contribution in [3.63, 3.8) is 0 Å². The lowest BCUT2D eigenvalue weighted by atomic mass is 9.65. The number of pyridine rings is 2. The van der Waals surface area contributed by atoms with Crippen molar-refractivity contribution < 1.29 is 14.1 Å². The van der Waals surface area contributed by atoms with E-state index in [2.05, 4.69) is 213 Å². The minimum atomic E-state index is -2.92. The molecule has 0 N–H and O–H groups in total. The molecule has 7 aliphatic rings. The maximum atomic E-state index is 7.41. The average Bonchev–Trinajstić information content (AvgIpc) is 4.09. The number of nitrogens with zero attached hydrogens (tertiary/aromatic N) is 5. The van der Waals surface area contributed by atoms with E-state index in [1.165, 1.54) is 121 Å². The van der Waals surface area contributed by atoms with E-state index in [4.69, 9.17) is 4.74 Å². The largest absolute Gasteiger partial charge is 0.412 e. The highest BCUT2D eigenvalue weighted by molar-refractivity contribution is 7.23. The van der Waals surface area contributed by atoms with Crippen LogP contribution in [0.4, 0.5) is 11.4 Å². The first-order valence-corrected chi connectivity index (χ1v) is 25.1. The number of hydrogen-bond acceptors (Lipinski definition) is 1. The van der Waals surface area contributed by atoms with Gasteiger partial charge in [0.25, 0.3) is 5.69 Å². The van der Waals surface area contributed by atoms with Crippen molar-refractivity contribution in [1.29, 1.82) is 0 Å². The van der Waals surface area contributed by atoms with Crippen LogP contribution >= 0.6 is 0 Å². The van der Waals surface area contributed by atoms with Crippen molar-refractivity contribution in [2.75, 3.05) is 0 Å². The summed E-state index contributed by atoms with van der Waals surface area (Å²) in [6.45, 7) is 0. The summed E-state index contributed by atoms with van der Waals surface area (Å²) in [5, 5.41) is 10.9. The fourth-order valence-corrected chi connectivity index (χ4v) is 20.8. The molecule has 0 saturated carbocycles. The lowest BCUT2D eigenvalue weighted by molar-refractivity contribution is -1.02. The molecule has 10 heterocycles. The van der Waals surface area contributed by atoms with Crippen molar-refractivity contribution in [2.24, 2.45) is 0 Å². The van der Waals surface area contributed by atoms with Crippen LogP contribution in [-0.2, 0) is 5.41 Å². The monoisotopic (exact) mass is 854 g/mol. The number of fused-ring (bicyclic) bond motifs is 16. The summed E-state index contributed by atoms with van der Waals surface area (Å²) in [5.74, 6) is 1.69. The fraction of sp³-hybridized carbons (Fsp3) is 0.0169. The average molecular weight is 855 g/mol. The standard InChI is InChI=1S/C59H32N5OSi/c1-5-20-41-33(13-1)34-14-2-6-21-42(34)59(41)43-22-9-17-37-39-19-12-32-60-57(39)61(52(37)43)54-44(59)29-30-46-56(54)64(60)45-23-11-27-50-55(45)62-53-38(40-28-31-51(65-46)63(64)58(40)62)18-10-26-49(53)66(50)47-24-7-3-15-35(47)36-16-4-8-25-48(36)66/h1-32H/q+3. The van der Waals surface area contributed by atoms with Gasteiger partial charge in [-0.3, -0.25) is 0 Å². The van der Waals surface area contributed by atoms with Crippen LogP contribution < -0.4 is 39.5 Å². The normalized spacial score (nSPS) is 18.1. The van der Waals surface area contributed by atoms with Crippen LogP contribution in [0.5, 0.6) is 11.6 Å². The second-order valence-electron chi connectivity index (χ2n) is 19.3. The van der Waals surface area contributed by atoms with Crippen LogP contribution in [0.2, 0.25) is 0 Å². The van der Waals surface area contributed by atoms with E-state index in [1.54, 1.807) is 0 Å². The summed E-state index contributed by atoms with van der Waals surface area (Å²) in [7, 11) is -2.92. The third kappa shape index (κ3) is 2.84. The molecule has 0 radical (unpaired) electrons. The second kappa shape index (κ2) is 9.97. The molecular formula is C59H32N5OSi+3. The summed E-state index contributed by atoms with van der Waals surface area (Å²) < 4.78 is 18.1. The fourth-order valence-electron chi connectivity index (χ4n) is 15.2. The maximum Gasteiger partial charge on any atom is 0.355 e. The molecule has 6 nitrogen and oxygen atoms in total. The predicted molar refractivity (Wildman–Crippen MR) is 261 cm³/mol. The van der Waals surface area contributed by atoms with E-state index in [0.29, 0.717) is 0 Å². The zero-order valence-corrected chi connectivity index (χ0v) is 36.1. The molecular weight excluding hydrogens is 823 g/mol. The van der Waals surface area contributed by atoms with Crippen molar-refractivity contribution in [2.45, 2.75) is 5.41 Å². The third-order valence-corrected chi connectivity index (χ3v) is 22.0. The van der Waals surface area contributed by atoms with Gasteiger partial charge in [0.2, 0.25) is 17.1 Å². The number of hydrogen-bond donors (Lipinski definition) is 0. The van der Waals surface area contributed by atoms with Crippen molar-refractivity contribution >= 4 is 84.1 Å². The number of benzene rings is 8. The maximum absolute atomic E-state index is 7.41. The summed E-state index contributed by atoms with van der Waals surface area (Å²) in [5.41, 5.74) is 19.8. The van der Waals surface area contributed by atoms with Gasteiger partial charge in [-0.15, -0.1) is 0 Å². The number of aromatic nitrogens is 4. The van der Waals surface area contributed by atoms with Crippen LogP contribution in [0, 0.1) is 0 Å². The quantitative estimate of drug-likeness (QED) is 0.0851. The van der Waals surface area contributed by atoms with Crippen LogP contribution in [0.3, 0.4) is 0 Å². The molecule has 8 aromatic carbocycles. The summed E-state index contributed by atoms with van der Waals surface area (Å²) in [6, 6.07) is 72.4. The van der Waals surface area contributed by atoms with E-state index >= 15 is 0 Å². The second-order valence-corrected chi connectivity index (χ2v) is 22.9. The number of para-hydroxylation sites is 3. The predicted octanol–water partition coefficient (Wildman–Crippen LogP) is 9.10. The van der Waals surface area contributed by atoms with Crippen LogP contribution in [-0.4, -0.2) is 17.2 Å². The summed E-state index contributed by atoms with van der Waals surface area (Å²) in [6.07, 6.45) is 2.34. The minimum absolute atomic E-state index is 0.288. The zero-order valence-electron chi connectivity index (χ0n) is 35.1. The first-order chi connectivity index (χ1) is 32.8. The van der Waals surface area contributed by atoms with Gasteiger partial charge in [0, 0.05) is 49.1 Å². The van der Waals surface area contributed by atoms with Gasteiger partial charge in [-0.2, -0.15) is 9.13 Å². The molecule has 7 heteroatoms. The van der Waals surface area contributed by atoms with E-state index in [1.807, 2.05) is 0 Å². The van der Waals surface area contributed by atoms with Gasteiger partial charge in [0.05, 0.1) is 20.9 Å². The Morgan fingerprint density at radius 3 is 1.83 bits per heavy atom. The van der Waals surface area contributed by atoms with Gasteiger partial charge in [-0.05, 0) is 90.9 Å². The van der Waals surface area contributed by atoms with E-state index in [0.717, 1.165) is 23.0 Å². The molecule has 66 heavy (non-hydrogen) atoms. The molecule has 300 valence electrons. The molecule has 3 spiro atoms. The topological polar surface area (TPSA) is 26.8 Å². The highest BCUT2D eigenvalue weighted by Crippen LogP contribution is 2.65. The first kappa shape index (κ1) is 32.3. The Kier molecular flexibility index (Phi) is 4.88. The molecule has 0 saturated heterocycles. The van der Waals surface area contributed by atoms with E-state index in [9.17, 15) is 0 Å². The Morgan fingerprint density at radius 2 is 1.05 bits per heavy atom. The number of ether oxygens (including phenoxy) is 1. The molecule has 0 fully saturated rings. The van der Waals surface area contributed by atoms with Gasteiger partial charge in [-0.1, -0.05) is 133 Å². The summed E-state index contributed by atoms with van der Waals surface area (Å²) in [4.78, 5) is 0. The SMILES string of the molecule is c1ccc2c(c1)-c1ccccc1C21c2ccc3c4c2-n2c5c1cccc5c1ccc[n+](c12)[N+]41c2cccc4c2-n2c5c(cccc5c5ccc([n+]1c52)O3)[Si]41c2ccccc2-c2ccccc21. The van der Waals surface area contributed by atoms with Crippen LogP contribution in [0.1, 0.15) is 22.3 Å². The van der Waals surface area contributed by atoms with Gasteiger partial charge in [0.15, 0.2) is 14.3 Å². The van der Waals surface area contributed by atoms with Crippen LogP contribution in [0.15, 0.2) is 194 Å². The highest BCUT2D eigenvalue weighted by Gasteiger charge is 2.71. The lowest BCUT2D eigenvalue weighted by Gasteiger charge is -2.43. The van der Waals surface area contributed by atoms with E-state index in [-0.39, 0.29) is 4.70 Å². The molecule has 4 aromatic heterocycles. The van der Waals surface area contributed by atoms with Crippen molar-refractivity contribution in [1.82, 2.24) is 13.8 Å². The zero-order chi connectivity index (χ0) is 42.2. The molecule has 6 aliphatic heterocycles. The molecule has 19 rings (SSSR count). The Morgan fingerprint density at radius 1 is 0.439 bits per heavy atom. The molecule has 0 amide bonds. The van der Waals surface area contributed by atoms with Gasteiger partial charge >= 0.3 is 22.9 Å². The smallest absolute Gasteiger partial charge is 0.355 e. The molecule has 1 unspecified atom stereocenters. The van der Waals surface area contributed by atoms with Gasteiger partial charge in [0.1, 0.15) is 11.0 Å². The van der Waals surface area contributed by atoms with Crippen molar-refractivity contribution in [3.8, 4) is 45.3 Å². The Hall–Kier alpha value is -8.36. The highest BCUT2D eigenvalue weighted by atomic mass is 28.3. The molecule has 0 bridgehead atoms. The Labute approximate surface area is 377 Å².